The Hall–Kier alpha value is -2.71. The van der Waals surface area contributed by atoms with Gasteiger partial charge in [-0.05, 0) is 36.8 Å². The molecule has 0 spiro atoms. The molecule has 0 aliphatic rings. The van der Waals surface area contributed by atoms with Crippen LogP contribution in [0, 0.1) is 0 Å². The molecular formula is C21H26N2O5S. The highest BCUT2D eigenvalue weighted by Gasteiger charge is 2.17. The average Bonchev–Trinajstić information content (AvgIpc) is 2.75. The number of rotatable bonds is 10. The van der Waals surface area contributed by atoms with Gasteiger partial charge in [-0.25, -0.2) is 8.42 Å². The molecule has 7 nitrogen and oxygen atoms in total. The predicted octanol–water partition coefficient (Wildman–Crippen LogP) is 1.89. The van der Waals surface area contributed by atoms with Gasteiger partial charge in [0.2, 0.25) is 5.91 Å². The quantitative estimate of drug-likeness (QED) is 0.636. The van der Waals surface area contributed by atoms with Crippen molar-refractivity contribution < 1.29 is 22.7 Å². The number of sulfone groups is 1. The summed E-state index contributed by atoms with van der Waals surface area (Å²) in [7, 11) is -2.02. The van der Waals surface area contributed by atoms with Crippen molar-refractivity contribution in [3.63, 3.8) is 0 Å². The Bertz CT molecular complexity index is 912. The zero-order chi connectivity index (χ0) is 21.3. The Kier molecular flexibility index (Phi) is 8.35. The minimum atomic E-state index is -3.45. The van der Waals surface area contributed by atoms with E-state index >= 15 is 0 Å². The molecule has 29 heavy (non-hydrogen) atoms. The van der Waals surface area contributed by atoms with E-state index in [1.54, 1.807) is 4.90 Å². The van der Waals surface area contributed by atoms with E-state index in [-0.39, 0.29) is 35.3 Å². The number of carbonyl (C=O) groups excluding carboxylic acids is 2. The molecule has 0 aliphatic carbocycles. The number of likely N-dealkylation sites (N-methyl/N-ethyl adjacent to an activating group) is 1. The van der Waals surface area contributed by atoms with Crippen molar-refractivity contribution in [3.8, 4) is 0 Å². The van der Waals surface area contributed by atoms with Crippen LogP contribution in [-0.4, -0.2) is 57.7 Å². The second kappa shape index (κ2) is 10.7. The molecule has 2 aromatic carbocycles. The minimum absolute atomic E-state index is 0.101. The van der Waals surface area contributed by atoms with Crippen LogP contribution in [0.1, 0.15) is 22.8 Å². The van der Waals surface area contributed by atoms with Crippen LogP contribution in [0.3, 0.4) is 0 Å². The monoisotopic (exact) mass is 418 g/mol. The highest BCUT2D eigenvalue weighted by molar-refractivity contribution is 7.91. The van der Waals surface area contributed by atoms with Gasteiger partial charge in [-0.2, -0.15) is 0 Å². The summed E-state index contributed by atoms with van der Waals surface area (Å²) in [5.74, 6) is -0.754. The van der Waals surface area contributed by atoms with Gasteiger partial charge in [-0.3, -0.25) is 9.59 Å². The number of ether oxygens (including phenoxy) is 1. The Morgan fingerprint density at radius 2 is 1.69 bits per heavy atom. The van der Waals surface area contributed by atoms with Gasteiger partial charge in [-0.15, -0.1) is 0 Å². The molecule has 0 bridgehead atoms. The van der Waals surface area contributed by atoms with Gasteiger partial charge in [0.05, 0.1) is 23.8 Å². The zero-order valence-corrected chi connectivity index (χ0v) is 17.4. The van der Waals surface area contributed by atoms with Gasteiger partial charge in [-0.1, -0.05) is 30.3 Å². The maximum Gasteiger partial charge on any atom is 0.251 e. The van der Waals surface area contributed by atoms with Crippen LogP contribution in [0.4, 0.5) is 0 Å². The van der Waals surface area contributed by atoms with Crippen molar-refractivity contribution in [2.24, 2.45) is 0 Å². The second-order valence-electron chi connectivity index (χ2n) is 6.41. The summed E-state index contributed by atoms with van der Waals surface area (Å²) in [4.78, 5) is 26.5. The number of nitrogens with zero attached hydrogens (tertiary/aromatic N) is 1. The van der Waals surface area contributed by atoms with Crippen LogP contribution >= 0.6 is 0 Å². The van der Waals surface area contributed by atoms with Crippen LogP contribution in [0.5, 0.6) is 0 Å². The van der Waals surface area contributed by atoms with Crippen molar-refractivity contribution >= 4 is 21.7 Å². The molecule has 0 saturated carbocycles. The molecule has 8 heteroatoms. The van der Waals surface area contributed by atoms with E-state index < -0.39 is 15.7 Å². The van der Waals surface area contributed by atoms with Gasteiger partial charge >= 0.3 is 0 Å². The standard InChI is InChI=1S/C21H26N2O5S/c1-3-23(16-17-7-5-4-6-8-17)20(24)15-22-21(25)18-9-11-19(12-10-18)29(26,27)14-13-28-2/h4-12H,3,13-16H2,1-2H3,(H,22,25). The molecule has 0 heterocycles. The number of methoxy groups -OCH3 is 1. The Balaban J connectivity index is 1.93. The summed E-state index contributed by atoms with van der Waals surface area (Å²) in [5.41, 5.74) is 1.30. The van der Waals surface area contributed by atoms with E-state index in [4.69, 9.17) is 4.74 Å². The van der Waals surface area contributed by atoms with Crippen LogP contribution in [0.25, 0.3) is 0 Å². The first-order valence-electron chi connectivity index (χ1n) is 9.29. The largest absolute Gasteiger partial charge is 0.384 e. The Labute approximate surface area is 171 Å². The summed E-state index contributed by atoms with van der Waals surface area (Å²) in [6.45, 7) is 2.85. The third-order valence-electron chi connectivity index (χ3n) is 4.38. The van der Waals surface area contributed by atoms with Crippen molar-refractivity contribution in [1.82, 2.24) is 10.2 Å². The lowest BCUT2D eigenvalue weighted by Crippen LogP contribution is -2.39. The molecule has 0 aliphatic heterocycles. The highest BCUT2D eigenvalue weighted by atomic mass is 32.2. The number of benzene rings is 2. The smallest absolute Gasteiger partial charge is 0.251 e. The Morgan fingerprint density at radius 3 is 2.28 bits per heavy atom. The van der Waals surface area contributed by atoms with E-state index in [1.165, 1.54) is 31.4 Å². The lowest BCUT2D eigenvalue weighted by Gasteiger charge is -2.21. The van der Waals surface area contributed by atoms with E-state index in [0.717, 1.165) is 5.56 Å². The minimum Gasteiger partial charge on any atom is -0.384 e. The number of hydrogen-bond acceptors (Lipinski definition) is 5. The molecule has 156 valence electrons. The molecule has 0 aromatic heterocycles. The van der Waals surface area contributed by atoms with Gasteiger partial charge in [0, 0.05) is 25.8 Å². The van der Waals surface area contributed by atoms with E-state index in [1.807, 2.05) is 37.3 Å². The van der Waals surface area contributed by atoms with Crippen molar-refractivity contribution in [3.05, 3.63) is 65.7 Å². The molecule has 0 fully saturated rings. The van der Waals surface area contributed by atoms with Crippen molar-refractivity contribution in [2.45, 2.75) is 18.4 Å². The Morgan fingerprint density at radius 1 is 1.03 bits per heavy atom. The summed E-state index contributed by atoms with van der Waals surface area (Å²) in [5, 5.41) is 2.59. The first-order chi connectivity index (χ1) is 13.9. The number of nitrogens with one attached hydrogen (secondary N) is 1. The fourth-order valence-electron chi connectivity index (χ4n) is 2.67. The van der Waals surface area contributed by atoms with Gasteiger partial charge in [0.15, 0.2) is 9.84 Å². The van der Waals surface area contributed by atoms with Gasteiger partial charge in [0.25, 0.3) is 5.91 Å². The predicted molar refractivity (Wildman–Crippen MR) is 110 cm³/mol. The molecule has 2 rings (SSSR count). The maximum absolute atomic E-state index is 12.4. The van der Waals surface area contributed by atoms with Gasteiger partial charge < -0.3 is 15.0 Å². The van der Waals surface area contributed by atoms with Gasteiger partial charge in [0.1, 0.15) is 0 Å². The molecular weight excluding hydrogens is 392 g/mol. The molecule has 0 unspecified atom stereocenters. The molecule has 0 atom stereocenters. The fourth-order valence-corrected chi connectivity index (χ4v) is 3.85. The fraction of sp³-hybridized carbons (Fsp3) is 0.333. The van der Waals surface area contributed by atoms with Crippen molar-refractivity contribution in [1.29, 1.82) is 0 Å². The lowest BCUT2D eigenvalue weighted by molar-refractivity contribution is -0.130. The summed E-state index contributed by atoms with van der Waals surface area (Å²) < 4.78 is 29.0. The van der Waals surface area contributed by atoms with Crippen LogP contribution in [0.2, 0.25) is 0 Å². The van der Waals surface area contributed by atoms with E-state index in [2.05, 4.69) is 5.32 Å². The zero-order valence-electron chi connectivity index (χ0n) is 16.6. The lowest BCUT2D eigenvalue weighted by atomic mass is 10.2. The molecule has 2 aromatic rings. The third kappa shape index (κ3) is 6.69. The topological polar surface area (TPSA) is 92.8 Å². The average molecular weight is 419 g/mol. The number of hydrogen-bond donors (Lipinski definition) is 1. The normalized spacial score (nSPS) is 11.1. The van der Waals surface area contributed by atoms with Crippen LogP contribution in [-0.2, 0) is 25.9 Å². The number of carbonyl (C=O) groups is 2. The molecule has 0 radical (unpaired) electrons. The maximum atomic E-state index is 12.4. The molecule has 1 N–H and O–H groups in total. The van der Waals surface area contributed by atoms with Crippen molar-refractivity contribution in [2.75, 3.05) is 32.6 Å². The van der Waals surface area contributed by atoms with E-state index in [9.17, 15) is 18.0 Å². The number of amides is 2. The first kappa shape index (κ1) is 22.6. The van der Waals surface area contributed by atoms with E-state index in [0.29, 0.717) is 13.1 Å². The van der Waals surface area contributed by atoms with Crippen LogP contribution in [0.15, 0.2) is 59.5 Å². The second-order valence-corrected chi connectivity index (χ2v) is 8.52. The summed E-state index contributed by atoms with van der Waals surface area (Å²) in [6, 6.07) is 15.2. The first-order valence-corrected chi connectivity index (χ1v) is 10.9. The SMILES string of the molecule is CCN(Cc1ccccc1)C(=O)CNC(=O)c1ccc(S(=O)(=O)CCOC)cc1. The highest BCUT2D eigenvalue weighted by Crippen LogP contribution is 2.13. The molecule has 2 amide bonds. The summed E-state index contributed by atoms with van der Waals surface area (Å²) >= 11 is 0. The summed E-state index contributed by atoms with van der Waals surface area (Å²) in [6.07, 6.45) is 0. The van der Waals surface area contributed by atoms with Crippen LogP contribution < -0.4 is 5.32 Å². The molecule has 0 saturated heterocycles. The third-order valence-corrected chi connectivity index (χ3v) is 6.08.